The number of fused-ring (bicyclic) bond motifs is 1. The fourth-order valence-electron chi connectivity index (χ4n) is 4.19. The van der Waals surface area contributed by atoms with Gasteiger partial charge in [0, 0.05) is 19.3 Å². The highest BCUT2D eigenvalue weighted by Gasteiger charge is 2.47. The molecule has 3 aliphatic rings. The molecule has 0 saturated carbocycles. The summed E-state index contributed by atoms with van der Waals surface area (Å²) < 4.78 is 43.9. The third-order valence-electron chi connectivity index (χ3n) is 5.72. The van der Waals surface area contributed by atoms with E-state index in [4.69, 9.17) is 19.4 Å². The lowest BCUT2D eigenvalue weighted by molar-refractivity contribution is -0.192. The van der Waals surface area contributed by atoms with E-state index in [1.807, 2.05) is 4.90 Å². The van der Waals surface area contributed by atoms with Gasteiger partial charge in [0.1, 0.15) is 24.2 Å². The average molecular weight is 460 g/mol. The van der Waals surface area contributed by atoms with Crippen LogP contribution in [0.2, 0.25) is 0 Å². The lowest BCUT2D eigenvalue weighted by atomic mass is 10.0. The van der Waals surface area contributed by atoms with E-state index < -0.39 is 12.1 Å². The van der Waals surface area contributed by atoms with E-state index in [0.29, 0.717) is 18.8 Å². The maximum absolute atomic E-state index is 12.8. The number of hydrogen-bond donors (Lipinski definition) is 1. The first-order chi connectivity index (χ1) is 15.3. The summed E-state index contributed by atoms with van der Waals surface area (Å²) in [7, 11) is 0. The maximum Gasteiger partial charge on any atom is 0.490 e. The highest BCUT2D eigenvalue weighted by molar-refractivity contribution is 5.92. The largest absolute Gasteiger partial charge is 0.490 e. The Morgan fingerprint density at radius 2 is 1.97 bits per heavy atom. The first-order valence-electron chi connectivity index (χ1n) is 10.6. The normalized spacial score (nSPS) is 25.7. The fourth-order valence-corrected chi connectivity index (χ4v) is 4.19. The summed E-state index contributed by atoms with van der Waals surface area (Å²) in [6.07, 6.45) is 2.41. The van der Waals surface area contributed by atoms with Crippen LogP contribution in [0.5, 0.6) is 0 Å². The van der Waals surface area contributed by atoms with Crippen LogP contribution in [0.1, 0.15) is 36.2 Å². The summed E-state index contributed by atoms with van der Waals surface area (Å²) in [4.78, 5) is 34.1. The minimum atomic E-state index is -5.08. The van der Waals surface area contributed by atoms with E-state index in [-0.39, 0.29) is 24.2 Å². The van der Waals surface area contributed by atoms with Gasteiger partial charge in [-0.2, -0.15) is 13.2 Å². The Morgan fingerprint density at radius 3 is 2.59 bits per heavy atom. The molecule has 1 amide bonds. The van der Waals surface area contributed by atoms with Crippen LogP contribution in [0.4, 0.5) is 13.2 Å². The Balaban J connectivity index is 0.000000360. The number of rotatable bonds is 5. The summed E-state index contributed by atoms with van der Waals surface area (Å²) in [6.45, 7) is 5.35. The second-order valence-electron chi connectivity index (χ2n) is 7.86. The predicted molar refractivity (Wildman–Crippen MR) is 105 cm³/mol. The van der Waals surface area contributed by atoms with Gasteiger partial charge in [-0.3, -0.25) is 4.79 Å². The van der Waals surface area contributed by atoms with Crippen molar-refractivity contribution in [3.63, 3.8) is 0 Å². The summed E-state index contributed by atoms with van der Waals surface area (Å²) in [5.74, 6) is -2.80. The monoisotopic (exact) mass is 460 g/mol. The molecule has 0 bridgehead atoms. The molecule has 178 valence electrons. The molecule has 3 atom stereocenters. The van der Waals surface area contributed by atoms with Crippen LogP contribution in [0.15, 0.2) is 18.6 Å². The van der Waals surface area contributed by atoms with Gasteiger partial charge in [-0.05, 0) is 44.8 Å². The van der Waals surface area contributed by atoms with Crippen molar-refractivity contribution in [3.8, 4) is 0 Å². The highest BCUT2D eigenvalue weighted by Crippen LogP contribution is 2.31. The van der Waals surface area contributed by atoms with Crippen molar-refractivity contribution in [2.24, 2.45) is 0 Å². The van der Waals surface area contributed by atoms with Crippen molar-refractivity contribution in [2.75, 3.05) is 39.4 Å². The van der Waals surface area contributed by atoms with Gasteiger partial charge in [-0.25, -0.2) is 14.8 Å². The molecule has 0 unspecified atom stereocenters. The van der Waals surface area contributed by atoms with Crippen LogP contribution < -0.4 is 0 Å². The number of halogens is 3. The van der Waals surface area contributed by atoms with E-state index in [0.717, 1.165) is 26.0 Å². The zero-order chi connectivity index (χ0) is 23.1. The number of carbonyl (C=O) groups is 2. The molecule has 0 aromatic carbocycles. The molecule has 3 aliphatic heterocycles. The van der Waals surface area contributed by atoms with Crippen LogP contribution >= 0.6 is 0 Å². The van der Waals surface area contributed by atoms with Crippen molar-refractivity contribution >= 4 is 11.9 Å². The van der Waals surface area contributed by atoms with Gasteiger partial charge in [0.2, 0.25) is 0 Å². The smallest absolute Gasteiger partial charge is 0.475 e. The van der Waals surface area contributed by atoms with Gasteiger partial charge in [0.15, 0.2) is 0 Å². The second-order valence-corrected chi connectivity index (χ2v) is 7.86. The van der Waals surface area contributed by atoms with Crippen LogP contribution in [-0.4, -0.2) is 101 Å². The summed E-state index contributed by atoms with van der Waals surface area (Å²) in [5, 5.41) is 7.12. The maximum atomic E-state index is 12.8. The Bertz CT molecular complexity index is 761. The molecular weight excluding hydrogens is 433 g/mol. The minimum absolute atomic E-state index is 0.0156. The Labute approximate surface area is 183 Å². The Morgan fingerprint density at radius 1 is 1.25 bits per heavy atom. The fraction of sp³-hybridized carbons (Fsp3) is 0.700. The van der Waals surface area contributed by atoms with Gasteiger partial charge in [-0.15, -0.1) is 0 Å². The van der Waals surface area contributed by atoms with Gasteiger partial charge in [0.25, 0.3) is 5.91 Å². The van der Waals surface area contributed by atoms with E-state index >= 15 is 0 Å². The van der Waals surface area contributed by atoms with Crippen molar-refractivity contribution in [2.45, 2.75) is 50.1 Å². The van der Waals surface area contributed by atoms with E-state index in [1.54, 1.807) is 12.3 Å². The summed E-state index contributed by atoms with van der Waals surface area (Å²) >= 11 is 0. The lowest BCUT2D eigenvalue weighted by Gasteiger charge is -2.32. The number of alkyl halides is 3. The third-order valence-corrected chi connectivity index (χ3v) is 5.72. The number of likely N-dealkylation sites (tertiary alicyclic amines) is 2. The number of aliphatic carboxylic acids is 1. The molecule has 4 heterocycles. The van der Waals surface area contributed by atoms with Crippen LogP contribution in [-0.2, 0) is 14.3 Å². The van der Waals surface area contributed by atoms with Gasteiger partial charge in [0.05, 0.1) is 19.2 Å². The van der Waals surface area contributed by atoms with Crippen molar-refractivity contribution in [1.29, 1.82) is 0 Å². The third kappa shape index (κ3) is 6.36. The SMILES string of the molecule is O=C(O)C(F)(F)F.O=C(c1ccncn1)N1C[C@H](OCCN2CCCC2)[C@H]2OCCC[C@H]21. The number of nitrogens with zero attached hydrogens (tertiary/aromatic N) is 4. The first kappa shape index (κ1) is 24.3. The quantitative estimate of drug-likeness (QED) is 0.707. The molecule has 9 nitrogen and oxygen atoms in total. The predicted octanol–water partition coefficient (Wildman–Crippen LogP) is 1.59. The van der Waals surface area contributed by atoms with Crippen LogP contribution in [0, 0.1) is 0 Å². The molecule has 12 heteroatoms. The van der Waals surface area contributed by atoms with E-state index in [1.165, 1.54) is 32.3 Å². The minimum Gasteiger partial charge on any atom is -0.475 e. The summed E-state index contributed by atoms with van der Waals surface area (Å²) in [5.41, 5.74) is 0.442. The van der Waals surface area contributed by atoms with Gasteiger partial charge >= 0.3 is 12.1 Å². The van der Waals surface area contributed by atoms with Crippen molar-refractivity contribution in [3.05, 3.63) is 24.3 Å². The molecule has 1 aromatic heterocycles. The molecule has 1 aromatic rings. The number of carbonyl (C=O) groups excluding carboxylic acids is 1. The molecule has 0 spiro atoms. The van der Waals surface area contributed by atoms with E-state index in [9.17, 15) is 18.0 Å². The number of hydrogen-bond acceptors (Lipinski definition) is 7. The summed E-state index contributed by atoms with van der Waals surface area (Å²) in [6, 6.07) is 1.76. The molecule has 0 radical (unpaired) electrons. The second kappa shape index (κ2) is 11.0. The van der Waals surface area contributed by atoms with Gasteiger partial charge in [-0.1, -0.05) is 0 Å². The standard InChI is InChI=1S/C18H26N4O3.C2HF3O2/c23-18(14-5-6-19-13-20-14)22-12-16(17-15(22)4-3-10-25-17)24-11-9-21-7-1-2-8-21;3-2(4,5)1(6)7/h5-6,13,15-17H,1-4,7-12H2;(H,6,7)/t15-,16+,17+;/m1./s1. The molecule has 32 heavy (non-hydrogen) atoms. The average Bonchev–Trinajstić information content (AvgIpc) is 3.42. The number of carboxylic acid groups (broad SMARTS) is 1. The number of ether oxygens (including phenoxy) is 2. The number of carboxylic acids is 1. The molecule has 3 fully saturated rings. The number of amides is 1. The molecular formula is C20H27F3N4O5. The highest BCUT2D eigenvalue weighted by atomic mass is 19.4. The van der Waals surface area contributed by atoms with Crippen LogP contribution in [0.3, 0.4) is 0 Å². The van der Waals surface area contributed by atoms with Crippen molar-refractivity contribution in [1.82, 2.24) is 19.8 Å². The van der Waals surface area contributed by atoms with Gasteiger partial charge < -0.3 is 24.4 Å². The molecule has 3 saturated heterocycles. The Hall–Kier alpha value is -2.31. The van der Waals surface area contributed by atoms with Crippen LogP contribution in [0.25, 0.3) is 0 Å². The number of aromatic nitrogens is 2. The first-order valence-corrected chi connectivity index (χ1v) is 10.6. The zero-order valence-corrected chi connectivity index (χ0v) is 17.5. The van der Waals surface area contributed by atoms with E-state index in [2.05, 4.69) is 14.9 Å². The molecule has 4 rings (SSSR count). The topological polar surface area (TPSA) is 105 Å². The van der Waals surface area contributed by atoms with Crippen molar-refractivity contribution < 1.29 is 37.3 Å². The molecule has 1 N–H and O–H groups in total. The zero-order valence-electron chi connectivity index (χ0n) is 17.5. The Kier molecular flexibility index (Phi) is 8.38. The lowest BCUT2D eigenvalue weighted by Crippen LogP contribution is -2.44. The molecule has 0 aliphatic carbocycles.